The predicted molar refractivity (Wildman–Crippen MR) is 74.4 cm³/mol. The van der Waals surface area contributed by atoms with Crippen LogP contribution in [0.4, 0.5) is 5.69 Å². The third kappa shape index (κ3) is 4.21. The number of hydrogen-bond acceptors (Lipinski definition) is 4. The lowest BCUT2D eigenvalue weighted by molar-refractivity contribution is 0.0306. The highest BCUT2D eigenvalue weighted by atomic mass is 32.2. The second-order valence-corrected chi connectivity index (χ2v) is 6.52. The van der Waals surface area contributed by atoms with Gasteiger partial charge in [0.05, 0.1) is 17.4 Å². The van der Waals surface area contributed by atoms with Gasteiger partial charge in [0.25, 0.3) is 0 Å². The number of carboxylic acid groups (broad SMARTS) is 1. The smallest absolute Gasteiger partial charge is 0.335 e. The zero-order valence-corrected chi connectivity index (χ0v) is 11.7. The Kier molecular flexibility index (Phi) is 4.61. The van der Waals surface area contributed by atoms with Gasteiger partial charge in [-0.05, 0) is 43.5 Å². The Bertz CT molecular complexity index is 561. The molecule has 1 heterocycles. The molecule has 6 nitrogen and oxygen atoms in total. The fraction of sp³-hybridized carbons (Fsp3) is 0.462. The number of nitrogens with one attached hydrogen (secondary N) is 1. The molecule has 0 aliphatic carbocycles. The lowest BCUT2D eigenvalue weighted by Crippen LogP contribution is -2.30. The molecule has 0 bridgehead atoms. The summed E-state index contributed by atoms with van der Waals surface area (Å²) in [7, 11) is -3.49. The number of hydrogen-bond donors (Lipinski definition) is 2. The summed E-state index contributed by atoms with van der Waals surface area (Å²) in [6.07, 6.45) is 2.44. The van der Waals surface area contributed by atoms with Crippen molar-refractivity contribution in [3.8, 4) is 0 Å². The Hall–Kier alpha value is -1.60. The molecule has 0 saturated carbocycles. The molecule has 1 unspecified atom stereocenters. The maximum Gasteiger partial charge on any atom is 0.335 e. The molecule has 1 aromatic carbocycles. The van der Waals surface area contributed by atoms with E-state index in [1.165, 1.54) is 24.3 Å². The molecule has 1 aliphatic heterocycles. The van der Waals surface area contributed by atoms with E-state index in [-0.39, 0.29) is 17.4 Å². The molecule has 0 spiro atoms. The molecule has 1 aromatic rings. The van der Waals surface area contributed by atoms with Crippen molar-refractivity contribution in [1.82, 2.24) is 0 Å². The van der Waals surface area contributed by atoms with Crippen molar-refractivity contribution in [2.45, 2.75) is 25.4 Å². The molecule has 0 aromatic heterocycles. The van der Waals surface area contributed by atoms with E-state index in [2.05, 4.69) is 4.72 Å². The van der Waals surface area contributed by atoms with Crippen LogP contribution in [0.5, 0.6) is 0 Å². The molecular formula is C13H17NO5S. The van der Waals surface area contributed by atoms with Gasteiger partial charge >= 0.3 is 5.97 Å². The summed E-state index contributed by atoms with van der Waals surface area (Å²) in [6.45, 7) is 0.605. The van der Waals surface area contributed by atoms with Gasteiger partial charge in [0.1, 0.15) is 0 Å². The summed E-state index contributed by atoms with van der Waals surface area (Å²) in [4.78, 5) is 10.7. The summed E-state index contributed by atoms with van der Waals surface area (Å²) in [5.41, 5.74) is 0.467. The van der Waals surface area contributed by atoms with Crippen molar-refractivity contribution in [3.63, 3.8) is 0 Å². The second kappa shape index (κ2) is 6.23. The molecule has 1 aliphatic rings. The molecule has 110 valence electrons. The number of aromatic carboxylic acids is 1. The van der Waals surface area contributed by atoms with Crippen LogP contribution >= 0.6 is 0 Å². The van der Waals surface area contributed by atoms with Gasteiger partial charge in [-0.3, -0.25) is 4.72 Å². The standard InChI is InChI=1S/C13H17NO5S/c15-13(16)10-4-6-11(7-5-10)14-20(17,18)9-12-3-1-2-8-19-12/h4-7,12,14H,1-3,8-9H2,(H,15,16). The van der Waals surface area contributed by atoms with Gasteiger partial charge in [-0.1, -0.05) is 0 Å². The van der Waals surface area contributed by atoms with Crippen LogP contribution in [0.1, 0.15) is 29.6 Å². The van der Waals surface area contributed by atoms with Crippen LogP contribution < -0.4 is 4.72 Å². The summed E-state index contributed by atoms with van der Waals surface area (Å²) >= 11 is 0. The number of carboxylic acids is 1. The number of anilines is 1. The average Bonchev–Trinajstić information content (AvgIpc) is 2.39. The van der Waals surface area contributed by atoms with Gasteiger partial charge in [-0.2, -0.15) is 0 Å². The van der Waals surface area contributed by atoms with Crippen LogP contribution in [-0.2, 0) is 14.8 Å². The zero-order chi connectivity index (χ0) is 14.6. The minimum absolute atomic E-state index is 0.0757. The van der Waals surface area contributed by atoms with E-state index in [9.17, 15) is 13.2 Å². The highest BCUT2D eigenvalue weighted by molar-refractivity contribution is 7.92. The van der Waals surface area contributed by atoms with Crippen molar-refractivity contribution < 1.29 is 23.1 Å². The summed E-state index contributed by atoms with van der Waals surface area (Å²) in [5, 5.41) is 8.77. The minimum Gasteiger partial charge on any atom is -0.478 e. The third-order valence-corrected chi connectivity index (χ3v) is 4.44. The zero-order valence-electron chi connectivity index (χ0n) is 10.9. The van der Waals surface area contributed by atoms with Crippen LogP contribution in [0, 0.1) is 0 Å². The molecule has 1 saturated heterocycles. The van der Waals surface area contributed by atoms with Gasteiger partial charge in [-0.25, -0.2) is 13.2 Å². The number of ether oxygens (including phenoxy) is 1. The quantitative estimate of drug-likeness (QED) is 0.863. The maximum atomic E-state index is 12.0. The van der Waals surface area contributed by atoms with Crippen LogP contribution in [0.3, 0.4) is 0 Å². The Morgan fingerprint density at radius 3 is 2.55 bits per heavy atom. The number of benzene rings is 1. The summed E-state index contributed by atoms with van der Waals surface area (Å²) < 4.78 is 31.8. The van der Waals surface area contributed by atoms with Crippen LogP contribution in [0.15, 0.2) is 24.3 Å². The average molecular weight is 299 g/mol. The van der Waals surface area contributed by atoms with Crippen LogP contribution in [0.2, 0.25) is 0 Å². The highest BCUT2D eigenvalue weighted by Crippen LogP contribution is 2.17. The summed E-state index contributed by atoms with van der Waals surface area (Å²) in [6, 6.07) is 5.58. The molecule has 0 amide bonds. The molecule has 2 rings (SSSR count). The largest absolute Gasteiger partial charge is 0.478 e. The van der Waals surface area contributed by atoms with Gasteiger partial charge in [0.2, 0.25) is 10.0 Å². The van der Waals surface area contributed by atoms with E-state index in [4.69, 9.17) is 9.84 Å². The SMILES string of the molecule is O=C(O)c1ccc(NS(=O)(=O)CC2CCCCO2)cc1. The lowest BCUT2D eigenvalue weighted by Gasteiger charge is -2.22. The second-order valence-electron chi connectivity index (χ2n) is 4.75. The Morgan fingerprint density at radius 1 is 1.30 bits per heavy atom. The molecule has 1 fully saturated rings. The van der Waals surface area contributed by atoms with Crippen molar-refractivity contribution in [1.29, 1.82) is 0 Å². The lowest BCUT2D eigenvalue weighted by atomic mass is 10.1. The van der Waals surface area contributed by atoms with E-state index in [1.807, 2.05) is 0 Å². The van der Waals surface area contributed by atoms with Gasteiger partial charge in [0.15, 0.2) is 0 Å². The van der Waals surface area contributed by atoms with E-state index < -0.39 is 16.0 Å². The topological polar surface area (TPSA) is 92.7 Å². The third-order valence-electron chi connectivity index (χ3n) is 3.08. The van der Waals surface area contributed by atoms with Gasteiger partial charge in [-0.15, -0.1) is 0 Å². The predicted octanol–water partition coefficient (Wildman–Crippen LogP) is 1.70. The molecule has 7 heteroatoms. The van der Waals surface area contributed by atoms with Gasteiger partial charge in [0, 0.05) is 12.3 Å². The summed E-state index contributed by atoms with van der Waals surface area (Å²) in [5.74, 6) is -1.12. The number of rotatable bonds is 5. The van der Waals surface area contributed by atoms with Crippen molar-refractivity contribution in [2.75, 3.05) is 17.1 Å². The minimum atomic E-state index is -3.49. The first-order valence-electron chi connectivity index (χ1n) is 6.42. The van der Waals surface area contributed by atoms with E-state index in [0.29, 0.717) is 12.3 Å². The van der Waals surface area contributed by atoms with E-state index in [1.54, 1.807) is 0 Å². The van der Waals surface area contributed by atoms with Crippen molar-refractivity contribution >= 4 is 21.7 Å². The monoisotopic (exact) mass is 299 g/mol. The maximum absolute atomic E-state index is 12.0. The highest BCUT2D eigenvalue weighted by Gasteiger charge is 2.22. The Balaban J connectivity index is 1.98. The van der Waals surface area contributed by atoms with E-state index in [0.717, 1.165) is 19.3 Å². The van der Waals surface area contributed by atoms with E-state index >= 15 is 0 Å². The molecular weight excluding hydrogens is 282 g/mol. The first kappa shape index (κ1) is 14.8. The molecule has 2 N–H and O–H groups in total. The fourth-order valence-electron chi connectivity index (χ4n) is 2.09. The number of carbonyl (C=O) groups is 1. The van der Waals surface area contributed by atoms with Crippen molar-refractivity contribution in [2.24, 2.45) is 0 Å². The van der Waals surface area contributed by atoms with Crippen LogP contribution in [0.25, 0.3) is 0 Å². The number of sulfonamides is 1. The van der Waals surface area contributed by atoms with Crippen LogP contribution in [-0.4, -0.2) is 38.0 Å². The van der Waals surface area contributed by atoms with Gasteiger partial charge < -0.3 is 9.84 Å². The first-order chi connectivity index (χ1) is 9.46. The molecule has 1 atom stereocenters. The molecule has 20 heavy (non-hydrogen) atoms. The fourth-order valence-corrected chi connectivity index (χ4v) is 3.42. The Morgan fingerprint density at radius 2 is 2.00 bits per heavy atom. The normalized spacial score (nSPS) is 19.5. The van der Waals surface area contributed by atoms with Crippen molar-refractivity contribution in [3.05, 3.63) is 29.8 Å². The Labute approximate surface area is 117 Å². The first-order valence-corrected chi connectivity index (χ1v) is 8.07. The molecule has 0 radical (unpaired) electrons.